The summed E-state index contributed by atoms with van der Waals surface area (Å²) in [4.78, 5) is 4.24. The average molecular weight is 189 g/mol. The molecule has 0 saturated heterocycles. The molecule has 0 bridgehead atoms. The second-order valence-corrected chi connectivity index (χ2v) is 3.02. The van der Waals surface area contributed by atoms with Crippen molar-refractivity contribution in [3.8, 4) is 11.5 Å². The number of rotatable bonds is 2. The van der Waals surface area contributed by atoms with Gasteiger partial charge in [0.25, 0.3) is 0 Å². The topological polar surface area (TPSA) is 64.9 Å². The molecule has 0 aromatic carbocycles. The molecule has 0 saturated carbocycles. The molecule has 2 rings (SSSR count). The molecule has 0 radical (unpaired) electrons. The predicted octanol–water partition coefficient (Wildman–Crippen LogP) is 1.88. The summed E-state index contributed by atoms with van der Waals surface area (Å²) >= 11 is 0. The number of anilines is 1. The van der Waals surface area contributed by atoms with Gasteiger partial charge in [0.15, 0.2) is 11.6 Å². The highest BCUT2D eigenvalue weighted by atomic mass is 16.5. The summed E-state index contributed by atoms with van der Waals surface area (Å²) in [6.45, 7) is 2.09. The van der Waals surface area contributed by atoms with Crippen molar-refractivity contribution in [2.24, 2.45) is 0 Å². The molecule has 2 heterocycles. The Morgan fingerprint density at radius 1 is 1.43 bits per heavy atom. The zero-order valence-electron chi connectivity index (χ0n) is 7.90. The standard InChI is InChI=1S/C10H11N3O/c1-2-7-3-4-8(12-6-7)9-5-10(11)13-14-9/h3-6H,2H2,1H3,(H2,11,13). The molecule has 4 nitrogen and oxygen atoms in total. The summed E-state index contributed by atoms with van der Waals surface area (Å²) < 4.78 is 4.99. The Kier molecular flexibility index (Phi) is 2.18. The van der Waals surface area contributed by atoms with Gasteiger partial charge in [-0.1, -0.05) is 18.1 Å². The Morgan fingerprint density at radius 2 is 2.29 bits per heavy atom. The van der Waals surface area contributed by atoms with Gasteiger partial charge in [-0.3, -0.25) is 4.98 Å². The maximum atomic E-state index is 5.44. The molecule has 14 heavy (non-hydrogen) atoms. The van der Waals surface area contributed by atoms with E-state index in [0.29, 0.717) is 11.6 Å². The molecular formula is C10H11N3O. The first-order valence-corrected chi connectivity index (χ1v) is 4.47. The number of nitrogens with two attached hydrogens (primary N) is 1. The van der Waals surface area contributed by atoms with Crippen LogP contribution >= 0.6 is 0 Å². The minimum atomic E-state index is 0.376. The summed E-state index contributed by atoms with van der Waals surface area (Å²) in [6, 6.07) is 5.58. The SMILES string of the molecule is CCc1ccc(-c2cc(N)no2)nc1. The summed E-state index contributed by atoms with van der Waals surface area (Å²) in [6.07, 6.45) is 2.81. The average Bonchev–Trinajstić information content (AvgIpc) is 2.65. The molecule has 0 atom stereocenters. The van der Waals surface area contributed by atoms with Gasteiger partial charge in [0.05, 0.1) is 0 Å². The van der Waals surface area contributed by atoms with Gasteiger partial charge in [-0.25, -0.2) is 0 Å². The van der Waals surface area contributed by atoms with E-state index in [0.717, 1.165) is 12.1 Å². The van der Waals surface area contributed by atoms with Crippen LogP contribution in [-0.4, -0.2) is 10.1 Å². The third-order valence-corrected chi connectivity index (χ3v) is 2.01. The number of pyridine rings is 1. The fourth-order valence-corrected chi connectivity index (χ4v) is 1.19. The third-order valence-electron chi connectivity index (χ3n) is 2.01. The first kappa shape index (κ1) is 8.74. The first-order chi connectivity index (χ1) is 6.79. The van der Waals surface area contributed by atoms with Crippen LogP contribution in [-0.2, 0) is 6.42 Å². The Morgan fingerprint density at radius 3 is 2.79 bits per heavy atom. The van der Waals surface area contributed by atoms with Crippen LogP contribution < -0.4 is 5.73 Å². The lowest BCUT2D eigenvalue weighted by atomic mass is 10.2. The zero-order chi connectivity index (χ0) is 9.97. The number of hydrogen-bond donors (Lipinski definition) is 1. The van der Waals surface area contributed by atoms with E-state index < -0.39 is 0 Å². The quantitative estimate of drug-likeness (QED) is 0.783. The highest BCUT2D eigenvalue weighted by molar-refractivity contribution is 5.55. The van der Waals surface area contributed by atoms with Gasteiger partial charge in [0.1, 0.15) is 5.69 Å². The maximum Gasteiger partial charge on any atom is 0.187 e. The molecule has 2 aromatic heterocycles. The van der Waals surface area contributed by atoms with Gasteiger partial charge in [0, 0.05) is 12.3 Å². The highest BCUT2D eigenvalue weighted by Crippen LogP contribution is 2.18. The number of nitrogen functional groups attached to an aromatic ring is 1. The lowest BCUT2D eigenvalue weighted by Crippen LogP contribution is -1.85. The zero-order valence-corrected chi connectivity index (χ0v) is 7.90. The van der Waals surface area contributed by atoms with E-state index in [9.17, 15) is 0 Å². The van der Waals surface area contributed by atoms with Crippen molar-refractivity contribution in [3.05, 3.63) is 30.0 Å². The Bertz CT molecular complexity index is 419. The first-order valence-electron chi connectivity index (χ1n) is 4.47. The fraction of sp³-hybridized carbons (Fsp3) is 0.200. The number of hydrogen-bond acceptors (Lipinski definition) is 4. The van der Waals surface area contributed by atoms with E-state index in [2.05, 4.69) is 17.1 Å². The van der Waals surface area contributed by atoms with Crippen LogP contribution in [0, 0.1) is 0 Å². The molecule has 0 unspecified atom stereocenters. The lowest BCUT2D eigenvalue weighted by molar-refractivity contribution is 0.434. The molecule has 72 valence electrons. The molecule has 0 spiro atoms. The fourth-order valence-electron chi connectivity index (χ4n) is 1.19. The predicted molar refractivity (Wildman–Crippen MR) is 53.5 cm³/mol. The van der Waals surface area contributed by atoms with Crippen molar-refractivity contribution in [1.82, 2.24) is 10.1 Å². The van der Waals surface area contributed by atoms with Gasteiger partial charge in [-0.2, -0.15) is 0 Å². The van der Waals surface area contributed by atoms with Crippen LogP contribution in [0.1, 0.15) is 12.5 Å². The monoisotopic (exact) mass is 189 g/mol. The van der Waals surface area contributed by atoms with E-state index in [1.807, 2.05) is 18.3 Å². The second-order valence-electron chi connectivity index (χ2n) is 3.02. The van der Waals surface area contributed by atoms with Gasteiger partial charge in [-0.15, -0.1) is 0 Å². The molecule has 2 N–H and O–H groups in total. The maximum absolute atomic E-state index is 5.44. The number of aromatic nitrogens is 2. The Balaban J connectivity index is 2.33. The van der Waals surface area contributed by atoms with Crippen LogP contribution in [0.25, 0.3) is 11.5 Å². The van der Waals surface area contributed by atoms with Gasteiger partial charge >= 0.3 is 0 Å². The van der Waals surface area contributed by atoms with Gasteiger partial charge < -0.3 is 10.3 Å². The smallest absolute Gasteiger partial charge is 0.187 e. The molecule has 0 aliphatic heterocycles. The van der Waals surface area contributed by atoms with Gasteiger partial charge in [-0.05, 0) is 18.1 Å². The van der Waals surface area contributed by atoms with Crippen molar-refractivity contribution in [2.75, 3.05) is 5.73 Å². The van der Waals surface area contributed by atoms with E-state index in [-0.39, 0.29) is 0 Å². The molecule has 4 heteroatoms. The van der Waals surface area contributed by atoms with E-state index in [1.165, 1.54) is 5.56 Å². The Labute approximate surface area is 81.7 Å². The van der Waals surface area contributed by atoms with E-state index >= 15 is 0 Å². The highest BCUT2D eigenvalue weighted by Gasteiger charge is 2.05. The molecule has 2 aromatic rings. The number of nitrogens with zero attached hydrogens (tertiary/aromatic N) is 2. The summed E-state index contributed by atoms with van der Waals surface area (Å²) in [5.41, 5.74) is 7.39. The molecule has 0 aliphatic rings. The van der Waals surface area contributed by atoms with Crippen LogP contribution in [0.2, 0.25) is 0 Å². The molecule has 0 fully saturated rings. The van der Waals surface area contributed by atoms with E-state index in [4.69, 9.17) is 10.3 Å². The van der Waals surface area contributed by atoms with Crippen molar-refractivity contribution < 1.29 is 4.52 Å². The third kappa shape index (κ3) is 1.59. The summed E-state index contributed by atoms with van der Waals surface area (Å²) in [7, 11) is 0. The Hall–Kier alpha value is -1.84. The van der Waals surface area contributed by atoms with Crippen molar-refractivity contribution in [2.45, 2.75) is 13.3 Å². The molecule has 0 amide bonds. The minimum Gasteiger partial charge on any atom is -0.381 e. The van der Waals surface area contributed by atoms with Crippen LogP contribution in [0.4, 0.5) is 5.82 Å². The van der Waals surface area contributed by atoms with Crippen molar-refractivity contribution >= 4 is 5.82 Å². The summed E-state index contributed by atoms with van der Waals surface area (Å²) in [5, 5.41) is 3.60. The van der Waals surface area contributed by atoms with Crippen molar-refractivity contribution in [3.63, 3.8) is 0 Å². The van der Waals surface area contributed by atoms with Gasteiger partial charge in [0.2, 0.25) is 0 Å². The lowest BCUT2D eigenvalue weighted by Gasteiger charge is -1.96. The largest absolute Gasteiger partial charge is 0.381 e. The van der Waals surface area contributed by atoms with Crippen LogP contribution in [0.3, 0.4) is 0 Å². The molecular weight excluding hydrogens is 178 g/mol. The number of aryl methyl sites for hydroxylation is 1. The normalized spacial score (nSPS) is 10.4. The van der Waals surface area contributed by atoms with E-state index in [1.54, 1.807) is 6.07 Å². The molecule has 0 aliphatic carbocycles. The van der Waals surface area contributed by atoms with Crippen LogP contribution in [0.15, 0.2) is 28.9 Å². The second kappa shape index (κ2) is 3.49. The van der Waals surface area contributed by atoms with Crippen molar-refractivity contribution in [1.29, 1.82) is 0 Å². The summed E-state index contributed by atoms with van der Waals surface area (Å²) in [5.74, 6) is 0.978. The van der Waals surface area contributed by atoms with Crippen LogP contribution in [0.5, 0.6) is 0 Å². The minimum absolute atomic E-state index is 0.376.